The third-order valence-electron chi connectivity index (χ3n) is 13.9. The average Bonchev–Trinajstić information content (AvgIpc) is 4.10. The number of aromatic nitrogens is 7. The van der Waals surface area contributed by atoms with Crippen molar-refractivity contribution in [3.8, 4) is 28.3 Å². The minimum Gasteiger partial charge on any atom is -0.494 e. The number of aryl methyl sites for hydroxylation is 5. The molecule has 1 fully saturated rings. The smallest absolute Gasteiger partial charge is 0.275 e. The van der Waals surface area contributed by atoms with Gasteiger partial charge in [-0.1, -0.05) is 59.6 Å². The molecule has 14 nitrogen and oxygen atoms in total. The number of carbonyl (C=O) groups excluding carboxylic acids is 1. The highest BCUT2D eigenvalue weighted by molar-refractivity contribution is 6.35. The van der Waals surface area contributed by atoms with Gasteiger partial charge in [0.25, 0.3) is 5.91 Å². The maximum absolute atomic E-state index is 15.9. The molecule has 1 atom stereocenters. The predicted octanol–water partition coefficient (Wildman–Crippen LogP) is 10.8. The molecule has 10 rings (SSSR count). The van der Waals surface area contributed by atoms with Crippen LogP contribution in [0.15, 0.2) is 85.3 Å². The zero-order valence-corrected chi connectivity index (χ0v) is 43.4. The van der Waals surface area contributed by atoms with Crippen LogP contribution >= 0.6 is 23.2 Å². The molecule has 1 saturated heterocycles. The van der Waals surface area contributed by atoms with Crippen LogP contribution in [0.1, 0.15) is 69.3 Å². The first kappa shape index (κ1) is 49.4. The molecule has 8 aromatic rings. The summed E-state index contributed by atoms with van der Waals surface area (Å²) in [7, 11) is 1.68. The number of hydrogen-bond donors (Lipinski definition) is 0. The molecule has 1 amide bonds. The Morgan fingerprint density at radius 2 is 1.60 bits per heavy atom. The second-order valence-corrected chi connectivity index (χ2v) is 19.8. The molecule has 72 heavy (non-hydrogen) atoms. The lowest BCUT2D eigenvalue weighted by molar-refractivity contribution is 0.0365. The van der Waals surface area contributed by atoms with Crippen molar-refractivity contribution >= 4 is 56.6 Å². The summed E-state index contributed by atoms with van der Waals surface area (Å²) in [4.78, 5) is 34.9. The van der Waals surface area contributed by atoms with E-state index in [4.69, 9.17) is 57.2 Å². The number of halogens is 2. The van der Waals surface area contributed by atoms with E-state index < -0.39 is 0 Å². The van der Waals surface area contributed by atoms with Crippen LogP contribution in [0.25, 0.3) is 44.3 Å². The van der Waals surface area contributed by atoms with E-state index in [0.717, 1.165) is 128 Å². The van der Waals surface area contributed by atoms with Crippen LogP contribution in [0.2, 0.25) is 10.0 Å². The van der Waals surface area contributed by atoms with Crippen molar-refractivity contribution in [3.63, 3.8) is 0 Å². The fourth-order valence-corrected chi connectivity index (χ4v) is 10.8. The lowest BCUT2D eigenvalue weighted by Gasteiger charge is -2.34. The van der Waals surface area contributed by atoms with Gasteiger partial charge in [-0.2, -0.15) is 5.10 Å². The van der Waals surface area contributed by atoms with Gasteiger partial charge >= 0.3 is 0 Å². The molecule has 1 unspecified atom stereocenters. The number of ether oxygens (including phenoxy) is 4. The van der Waals surface area contributed by atoms with Crippen molar-refractivity contribution in [2.24, 2.45) is 0 Å². The number of fused-ring (bicyclic) bond motifs is 4. The van der Waals surface area contributed by atoms with Crippen LogP contribution in [0, 0.1) is 27.7 Å². The van der Waals surface area contributed by atoms with Crippen LogP contribution in [0.3, 0.4) is 0 Å². The zero-order chi connectivity index (χ0) is 50.0. The maximum Gasteiger partial charge on any atom is 0.275 e. The van der Waals surface area contributed by atoms with E-state index in [9.17, 15) is 0 Å². The van der Waals surface area contributed by atoms with Gasteiger partial charge in [-0.05, 0) is 106 Å². The summed E-state index contributed by atoms with van der Waals surface area (Å²) >= 11 is 13.9. The third-order valence-corrected chi connectivity index (χ3v) is 14.9. The number of hydrogen-bond acceptors (Lipinski definition) is 10. The summed E-state index contributed by atoms with van der Waals surface area (Å²) in [6.45, 7) is 17.7. The maximum atomic E-state index is 15.9. The molecule has 4 aromatic heterocycles. The number of rotatable bonds is 18. The topological polar surface area (TPSA) is 127 Å². The van der Waals surface area contributed by atoms with Crippen LogP contribution in [-0.4, -0.2) is 104 Å². The van der Waals surface area contributed by atoms with Crippen molar-refractivity contribution in [1.29, 1.82) is 0 Å². The summed E-state index contributed by atoms with van der Waals surface area (Å²) in [5, 5.41) is 8.01. The second kappa shape index (κ2) is 21.5. The molecule has 2 aliphatic rings. The van der Waals surface area contributed by atoms with E-state index in [1.165, 1.54) is 0 Å². The van der Waals surface area contributed by atoms with Crippen molar-refractivity contribution in [3.05, 3.63) is 141 Å². The standard InChI is InChI=1S/C56H61Cl2N9O5/c1-35-27-42(28-36(2)52(35)58)72-23-10-13-43-44-15-16-46(57)51(50-38(4)60-49(61-39(50)5)33-71-32-40-11-8-7-9-12-40)53(44)67-37(3)30-66(56(68)54(43)67)48-31-64(19-18-63-20-25-70-26-21-63)47-17-14-41(29-45(47)48)55-59-34-65(62-55)22-24-69-6/h7-9,11-12,14-17,27-29,31,34,37H,10,13,18-26,30,32-33H2,1-6H3. The van der Waals surface area contributed by atoms with Crippen LogP contribution in [-0.2, 0) is 46.9 Å². The highest BCUT2D eigenvalue weighted by atomic mass is 35.5. The quantitative estimate of drug-likeness (QED) is 0.0767. The SMILES string of the molecule is COCCn1cnc(-c2ccc3c(c2)c(N2CC(C)n4c(c(CCCOc5cc(C)c(Cl)c(C)c5)c5ccc(Cl)c(-c6c(C)nc(COCc7ccccc7)nc6C)c54)C2=O)cn3CCN2CCOCC2)n1. The number of morpholine rings is 1. The predicted molar refractivity (Wildman–Crippen MR) is 284 cm³/mol. The number of amides is 1. The molecule has 0 aliphatic carbocycles. The van der Waals surface area contributed by atoms with Crippen molar-refractivity contribution in [2.45, 2.75) is 79.8 Å². The molecule has 0 saturated carbocycles. The van der Waals surface area contributed by atoms with Gasteiger partial charge in [0.2, 0.25) is 0 Å². The van der Waals surface area contributed by atoms with Gasteiger partial charge in [-0.3, -0.25) is 14.4 Å². The van der Waals surface area contributed by atoms with Gasteiger partial charge in [0, 0.05) is 95.9 Å². The Balaban J connectivity index is 1.06. The van der Waals surface area contributed by atoms with Crippen LogP contribution in [0.5, 0.6) is 5.75 Å². The Bertz CT molecular complexity index is 3220. The number of carbonyl (C=O) groups is 1. The number of anilines is 1. The monoisotopic (exact) mass is 1010 g/mol. The zero-order valence-electron chi connectivity index (χ0n) is 41.9. The first-order valence-corrected chi connectivity index (χ1v) is 25.6. The number of methoxy groups -OCH3 is 1. The third kappa shape index (κ3) is 10.0. The summed E-state index contributed by atoms with van der Waals surface area (Å²) in [6, 6.07) is 24.2. The minimum absolute atomic E-state index is 0.0820. The highest BCUT2D eigenvalue weighted by Gasteiger charge is 2.38. The summed E-state index contributed by atoms with van der Waals surface area (Å²) in [6.07, 6.45) is 5.12. The lowest BCUT2D eigenvalue weighted by Crippen LogP contribution is -2.42. The highest BCUT2D eigenvalue weighted by Crippen LogP contribution is 2.46. The summed E-state index contributed by atoms with van der Waals surface area (Å²) < 4.78 is 29.7. The summed E-state index contributed by atoms with van der Waals surface area (Å²) in [5.74, 6) is 1.89. The van der Waals surface area contributed by atoms with Gasteiger partial charge < -0.3 is 33.0 Å². The molecule has 0 bridgehead atoms. The van der Waals surface area contributed by atoms with E-state index in [1.807, 2.05) is 81.1 Å². The molecular formula is C56H61Cl2N9O5. The molecule has 4 aromatic carbocycles. The van der Waals surface area contributed by atoms with E-state index in [-0.39, 0.29) is 18.6 Å². The van der Waals surface area contributed by atoms with Gasteiger partial charge in [0.1, 0.15) is 24.4 Å². The van der Waals surface area contributed by atoms with E-state index in [1.54, 1.807) is 18.1 Å². The molecule has 0 radical (unpaired) electrons. The number of benzene rings is 4. The van der Waals surface area contributed by atoms with E-state index in [0.29, 0.717) is 68.1 Å². The molecule has 2 aliphatic heterocycles. The Morgan fingerprint density at radius 3 is 2.35 bits per heavy atom. The fraction of sp³-hybridized carbons (Fsp3) is 0.375. The second-order valence-electron chi connectivity index (χ2n) is 19.0. The molecule has 0 N–H and O–H groups in total. The molecule has 374 valence electrons. The Hall–Kier alpha value is -6.13. The largest absolute Gasteiger partial charge is 0.494 e. The first-order chi connectivity index (χ1) is 35.0. The molecule has 6 heterocycles. The average molecular weight is 1010 g/mol. The fourth-order valence-electron chi connectivity index (χ4n) is 10.5. The minimum atomic E-state index is -0.164. The van der Waals surface area contributed by atoms with Gasteiger partial charge in [-0.25, -0.2) is 15.0 Å². The first-order valence-electron chi connectivity index (χ1n) is 24.8. The molecule has 16 heteroatoms. The van der Waals surface area contributed by atoms with Crippen molar-refractivity contribution in [2.75, 3.05) is 64.6 Å². The normalized spacial score (nSPS) is 15.3. The Kier molecular flexibility index (Phi) is 14.8. The van der Waals surface area contributed by atoms with Crippen LogP contribution in [0.4, 0.5) is 5.69 Å². The van der Waals surface area contributed by atoms with E-state index in [2.05, 4.69) is 56.4 Å². The van der Waals surface area contributed by atoms with Gasteiger partial charge in [0.05, 0.1) is 61.3 Å². The molecule has 0 spiro atoms. The Labute approximate surface area is 430 Å². The Morgan fingerprint density at radius 1 is 0.833 bits per heavy atom. The van der Waals surface area contributed by atoms with Crippen molar-refractivity contribution in [1.82, 2.24) is 38.8 Å². The van der Waals surface area contributed by atoms with Crippen LogP contribution < -0.4 is 9.64 Å². The number of nitrogens with zero attached hydrogens (tertiary/aromatic N) is 9. The van der Waals surface area contributed by atoms with E-state index >= 15 is 4.79 Å². The summed E-state index contributed by atoms with van der Waals surface area (Å²) in [5.41, 5.74) is 11.4. The van der Waals surface area contributed by atoms with Gasteiger partial charge in [-0.15, -0.1) is 0 Å². The van der Waals surface area contributed by atoms with Gasteiger partial charge in [0.15, 0.2) is 11.6 Å². The van der Waals surface area contributed by atoms with Crippen molar-refractivity contribution < 1.29 is 23.7 Å². The lowest BCUT2D eigenvalue weighted by atomic mass is 9.97. The molecular weight excluding hydrogens is 950 g/mol.